The Kier molecular flexibility index (Phi) is 3.81. The Morgan fingerprint density at radius 1 is 1.39 bits per heavy atom. The highest BCUT2D eigenvalue weighted by molar-refractivity contribution is 5.65. The molecule has 2 atom stereocenters. The maximum Gasteiger partial charge on any atom is 0.124 e. The summed E-state index contributed by atoms with van der Waals surface area (Å²) in [7, 11) is 1.74. The maximum absolute atomic E-state index is 5.98. The highest BCUT2D eigenvalue weighted by Gasteiger charge is 2.33. The predicted molar refractivity (Wildman–Crippen MR) is 76.4 cm³/mol. The fraction of sp³-hybridized carbons (Fsp3) is 0.600. The molecule has 18 heavy (non-hydrogen) atoms. The fourth-order valence-electron chi connectivity index (χ4n) is 3.05. The van der Waals surface area contributed by atoms with Gasteiger partial charge in [-0.1, -0.05) is 6.07 Å². The molecule has 1 aromatic carbocycles. The molecule has 1 heterocycles. The van der Waals surface area contributed by atoms with Crippen LogP contribution in [-0.4, -0.2) is 25.2 Å². The van der Waals surface area contributed by atoms with Crippen LogP contribution >= 0.6 is 0 Å². The van der Waals surface area contributed by atoms with Gasteiger partial charge in [-0.15, -0.1) is 0 Å². The summed E-state index contributed by atoms with van der Waals surface area (Å²) in [4.78, 5) is 2.49. The van der Waals surface area contributed by atoms with Crippen LogP contribution in [0.25, 0.3) is 0 Å². The topological polar surface area (TPSA) is 38.5 Å². The number of benzene rings is 1. The van der Waals surface area contributed by atoms with Crippen LogP contribution in [0.5, 0.6) is 5.75 Å². The number of anilines is 1. The summed E-state index contributed by atoms with van der Waals surface area (Å²) in [5.74, 6) is 1.00. The summed E-state index contributed by atoms with van der Waals surface area (Å²) < 4.78 is 5.48. The van der Waals surface area contributed by atoms with E-state index in [2.05, 4.69) is 37.8 Å². The van der Waals surface area contributed by atoms with Crippen LogP contribution in [0.2, 0.25) is 0 Å². The molecule has 0 fully saturated rings. The van der Waals surface area contributed by atoms with E-state index in [0.717, 1.165) is 18.6 Å². The SMILES string of the molecule is COc1cccc2c1CC(CC(C)N)N2C(C)C. The van der Waals surface area contributed by atoms with Gasteiger partial charge in [-0.3, -0.25) is 0 Å². The lowest BCUT2D eigenvalue weighted by molar-refractivity contribution is 0.409. The van der Waals surface area contributed by atoms with Gasteiger partial charge in [-0.2, -0.15) is 0 Å². The van der Waals surface area contributed by atoms with Crippen molar-refractivity contribution in [3.8, 4) is 5.75 Å². The normalized spacial score (nSPS) is 20.1. The van der Waals surface area contributed by atoms with Crippen LogP contribution in [0.3, 0.4) is 0 Å². The number of nitrogens with two attached hydrogens (primary N) is 1. The van der Waals surface area contributed by atoms with E-state index in [1.807, 2.05) is 6.07 Å². The van der Waals surface area contributed by atoms with Crippen LogP contribution in [0.4, 0.5) is 5.69 Å². The Hall–Kier alpha value is -1.22. The molecule has 2 unspecified atom stereocenters. The van der Waals surface area contributed by atoms with E-state index < -0.39 is 0 Å². The Bertz CT molecular complexity index is 415. The van der Waals surface area contributed by atoms with Gasteiger partial charge in [0.05, 0.1) is 7.11 Å². The second-order valence-electron chi connectivity index (χ2n) is 5.53. The standard InChI is InChI=1S/C15H24N2O/c1-10(2)17-12(8-11(3)16)9-13-14(17)6-5-7-15(13)18-4/h5-7,10-12H,8-9,16H2,1-4H3. The second kappa shape index (κ2) is 5.19. The first-order valence-corrected chi connectivity index (χ1v) is 6.74. The van der Waals surface area contributed by atoms with Crippen molar-refractivity contribution in [3.05, 3.63) is 23.8 Å². The molecule has 3 nitrogen and oxygen atoms in total. The van der Waals surface area contributed by atoms with Gasteiger partial charge in [-0.05, 0) is 45.7 Å². The molecule has 0 spiro atoms. The monoisotopic (exact) mass is 248 g/mol. The minimum Gasteiger partial charge on any atom is -0.496 e. The van der Waals surface area contributed by atoms with Crippen LogP contribution in [0.1, 0.15) is 32.8 Å². The minimum absolute atomic E-state index is 0.233. The van der Waals surface area contributed by atoms with Gasteiger partial charge in [0.25, 0.3) is 0 Å². The lowest BCUT2D eigenvalue weighted by Crippen LogP contribution is -2.40. The predicted octanol–water partition coefficient (Wildman–Crippen LogP) is 2.57. The van der Waals surface area contributed by atoms with E-state index in [1.54, 1.807) is 7.11 Å². The van der Waals surface area contributed by atoms with Crippen LogP contribution in [-0.2, 0) is 6.42 Å². The molecule has 1 aliphatic heterocycles. The Morgan fingerprint density at radius 2 is 2.11 bits per heavy atom. The zero-order valence-electron chi connectivity index (χ0n) is 11.8. The molecule has 100 valence electrons. The summed E-state index contributed by atoms with van der Waals surface area (Å²) in [6.45, 7) is 6.56. The number of ether oxygens (including phenoxy) is 1. The molecule has 0 radical (unpaired) electrons. The summed E-state index contributed by atoms with van der Waals surface area (Å²) in [5.41, 5.74) is 8.63. The second-order valence-corrected chi connectivity index (χ2v) is 5.53. The highest BCUT2D eigenvalue weighted by atomic mass is 16.5. The third kappa shape index (κ3) is 2.32. The Labute approximate surface area is 110 Å². The Balaban J connectivity index is 2.36. The van der Waals surface area contributed by atoms with Crippen molar-refractivity contribution in [3.63, 3.8) is 0 Å². The van der Waals surface area contributed by atoms with Gasteiger partial charge in [-0.25, -0.2) is 0 Å². The summed E-state index contributed by atoms with van der Waals surface area (Å²) in [5, 5.41) is 0. The van der Waals surface area contributed by atoms with Crippen molar-refractivity contribution in [2.45, 2.75) is 51.7 Å². The van der Waals surface area contributed by atoms with Crippen LogP contribution in [0, 0.1) is 0 Å². The first kappa shape index (κ1) is 13.2. The van der Waals surface area contributed by atoms with Crippen molar-refractivity contribution >= 4 is 5.69 Å². The fourth-order valence-corrected chi connectivity index (χ4v) is 3.05. The lowest BCUT2D eigenvalue weighted by atomic mass is 10.0. The molecule has 1 aromatic rings. The van der Waals surface area contributed by atoms with Gasteiger partial charge < -0.3 is 15.4 Å². The third-order valence-corrected chi connectivity index (χ3v) is 3.64. The molecule has 0 bridgehead atoms. The average molecular weight is 248 g/mol. The van der Waals surface area contributed by atoms with Crippen LogP contribution in [0.15, 0.2) is 18.2 Å². The zero-order chi connectivity index (χ0) is 13.3. The van der Waals surface area contributed by atoms with E-state index in [1.165, 1.54) is 11.3 Å². The van der Waals surface area contributed by atoms with Crippen molar-refractivity contribution in [2.75, 3.05) is 12.0 Å². The number of hydrogen-bond donors (Lipinski definition) is 1. The molecule has 3 heteroatoms. The van der Waals surface area contributed by atoms with Crippen molar-refractivity contribution < 1.29 is 4.74 Å². The molecule has 2 rings (SSSR count). The summed E-state index contributed by atoms with van der Waals surface area (Å²) in [6, 6.07) is 7.53. The first-order chi connectivity index (χ1) is 8.54. The van der Waals surface area contributed by atoms with Crippen molar-refractivity contribution in [1.29, 1.82) is 0 Å². The molecule has 2 N–H and O–H groups in total. The number of nitrogens with zero attached hydrogens (tertiary/aromatic N) is 1. The first-order valence-electron chi connectivity index (χ1n) is 6.74. The molecule has 1 aliphatic rings. The molecule has 0 amide bonds. The van der Waals surface area contributed by atoms with E-state index in [4.69, 9.17) is 10.5 Å². The number of hydrogen-bond acceptors (Lipinski definition) is 3. The summed E-state index contributed by atoms with van der Waals surface area (Å²) in [6.07, 6.45) is 2.06. The van der Waals surface area contributed by atoms with E-state index in [9.17, 15) is 0 Å². The van der Waals surface area contributed by atoms with Gasteiger partial charge in [0.1, 0.15) is 5.75 Å². The van der Waals surface area contributed by atoms with Gasteiger partial charge in [0, 0.05) is 29.4 Å². The third-order valence-electron chi connectivity index (χ3n) is 3.64. The van der Waals surface area contributed by atoms with E-state index in [-0.39, 0.29) is 6.04 Å². The number of rotatable bonds is 4. The molecular weight excluding hydrogens is 224 g/mol. The van der Waals surface area contributed by atoms with Gasteiger partial charge in [0.15, 0.2) is 0 Å². The average Bonchev–Trinajstić information content (AvgIpc) is 2.65. The van der Waals surface area contributed by atoms with E-state index in [0.29, 0.717) is 12.1 Å². The molecule has 0 saturated heterocycles. The lowest BCUT2D eigenvalue weighted by Gasteiger charge is -2.32. The van der Waals surface area contributed by atoms with Gasteiger partial charge in [0.2, 0.25) is 0 Å². The largest absolute Gasteiger partial charge is 0.496 e. The van der Waals surface area contributed by atoms with Crippen molar-refractivity contribution in [1.82, 2.24) is 0 Å². The quantitative estimate of drug-likeness (QED) is 0.890. The zero-order valence-corrected chi connectivity index (χ0v) is 11.8. The van der Waals surface area contributed by atoms with Gasteiger partial charge >= 0.3 is 0 Å². The van der Waals surface area contributed by atoms with Crippen LogP contribution < -0.4 is 15.4 Å². The smallest absolute Gasteiger partial charge is 0.124 e. The molecule has 0 saturated carbocycles. The molecule has 0 aromatic heterocycles. The number of fused-ring (bicyclic) bond motifs is 1. The van der Waals surface area contributed by atoms with Crippen molar-refractivity contribution in [2.24, 2.45) is 5.73 Å². The Morgan fingerprint density at radius 3 is 2.67 bits per heavy atom. The minimum atomic E-state index is 0.233. The maximum atomic E-state index is 5.98. The molecular formula is C15H24N2O. The van der Waals surface area contributed by atoms with E-state index >= 15 is 0 Å². The highest BCUT2D eigenvalue weighted by Crippen LogP contribution is 2.40. The molecule has 0 aliphatic carbocycles. The summed E-state index contributed by atoms with van der Waals surface area (Å²) >= 11 is 0. The number of methoxy groups -OCH3 is 1.